The number of hydrogen-bond acceptors (Lipinski definition) is 3. The molecule has 1 aromatic carbocycles. The van der Waals surface area contributed by atoms with Gasteiger partial charge in [0.2, 0.25) is 0 Å². The second kappa shape index (κ2) is 7.19. The van der Waals surface area contributed by atoms with Crippen LogP contribution in [0.5, 0.6) is 0 Å². The van der Waals surface area contributed by atoms with E-state index in [-0.39, 0.29) is 0 Å². The SMILES string of the molecule is Cn1cncc1-c1cccc([C@@H]2CCCN(Cc3ccccc3)C2)n1. The topological polar surface area (TPSA) is 34.0 Å². The van der Waals surface area contributed by atoms with Crippen LogP contribution in [0.15, 0.2) is 61.1 Å². The minimum atomic E-state index is 0.505. The third-order valence-electron chi connectivity index (χ3n) is 5.02. The van der Waals surface area contributed by atoms with Gasteiger partial charge in [-0.05, 0) is 37.1 Å². The normalized spacial score (nSPS) is 18.4. The summed E-state index contributed by atoms with van der Waals surface area (Å²) in [5.41, 5.74) is 4.67. The third kappa shape index (κ3) is 3.64. The molecule has 0 bridgehead atoms. The summed E-state index contributed by atoms with van der Waals surface area (Å²) in [6.07, 6.45) is 6.16. The van der Waals surface area contributed by atoms with Crippen LogP contribution < -0.4 is 0 Å². The highest BCUT2D eigenvalue weighted by Crippen LogP contribution is 2.28. The Hall–Kier alpha value is -2.46. The van der Waals surface area contributed by atoms with Crippen molar-refractivity contribution in [2.75, 3.05) is 13.1 Å². The molecule has 4 nitrogen and oxygen atoms in total. The van der Waals surface area contributed by atoms with Crippen molar-refractivity contribution >= 4 is 0 Å². The van der Waals surface area contributed by atoms with E-state index in [0.29, 0.717) is 5.92 Å². The molecule has 0 spiro atoms. The summed E-state index contributed by atoms with van der Waals surface area (Å²) < 4.78 is 2.02. The fraction of sp³-hybridized carbons (Fsp3) is 0.333. The molecule has 0 radical (unpaired) electrons. The Morgan fingerprint density at radius 2 is 1.96 bits per heavy atom. The first-order valence-electron chi connectivity index (χ1n) is 8.99. The van der Waals surface area contributed by atoms with E-state index < -0.39 is 0 Å². The number of piperidine rings is 1. The fourth-order valence-corrected chi connectivity index (χ4v) is 3.71. The van der Waals surface area contributed by atoms with Crippen molar-refractivity contribution in [3.63, 3.8) is 0 Å². The van der Waals surface area contributed by atoms with Crippen LogP contribution in [-0.4, -0.2) is 32.5 Å². The first-order valence-corrected chi connectivity index (χ1v) is 8.99. The van der Waals surface area contributed by atoms with Crippen LogP contribution in [0.4, 0.5) is 0 Å². The average molecular weight is 332 g/mol. The van der Waals surface area contributed by atoms with Crippen molar-refractivity contribution in [2.45, 2.75) is 25.3 Å². The standard InChI is InChI=1S/C21H24N4/c1-24-16-22-13-21(24)20-11-5-10-19(23-20)18-9-6-12-25(15-18)14-17-7-3-2-4-8-17/h2-5,7-8,10-11,13,16,18H,6,9,12,14-15H2,1H3/t18-/m1/s1. The molecule has 128 valence electrons. The summed E-state index contributed by atoms with van der Waals surface area (Å²) >= 11 is 0. The van der Waals surface area contributed by atoms with Crippen LogP contribution in [0.1, 0.15) is 30.0 Å². The Kier molecular flexibility index (Phi) is 4.61. The molecule has 4 rings (SSSR count). The number of aromatic nitrogens is 3. The molecule has 0 unspecified atom stereocenters. The van der Waals surface area contributed by atoms with Crippen LogP contribution in [0.2, 0.25) is 0 Å². The van der Waals surface area contributed by atoms with Gasteiger partial charge in [0.15, 0.2) is 0 Å². The number of nitrogens with zero attached hydrogens (tertiary/aromatic N) is 4. The van der Waals surface area contributed by atoms with Gasteiger partial charge in [0.25, 0.3) is 0 Å². The van der Waals surface area contributed by atoms with Crippen molar-refractivity contribution in [1.29, 1.82) is 0 Å². The summed E-state index contributed by atoms with van der Waals surface area (Å²) in [7, 11) is 2.01. The molecule has 3 heterocycles. The zero-order valence-corrected chi connectivity index (χ0v) is 14.7. The zero-order chi connectivity index (χ0) is 17.1. The third-order valence-corrected chi connectivity index (χ3v) is 5.02. The second-order valence-electron chi connectivity index (χ2n) is 6.90. The summed E-state index contributed by atoms with van der Waals surface area (Å²) in [6.45, 7) is 3.28. The summed E-state index contributed by atoms with van der Waals surface area (Å²) in [6, 6.07) is 17.1. The number of pyridine rings is 1. The molecule has 0 aliphatic carbocycles. The van der Waals surface area contributed by atoms with Crippen LogP contribution >= 0.6 is 0 Å². The number of benzene rings is 1. The molecular weight excluding hydrogens is 308 g/mol. The van der Waals surface area contributed by atoms with E-state index in [4.69, 9.17) is 4.98 Å². The number of aryl methyl sites for hydroxylation is 1. The first kappa shape index (κ1) is 16.0. The van der Waals surface area contributed by atoms with Crippen LogP contribution in [0, 0.1) is 0 Å². The summed E-state index contributed by atoms with van der Waals surface area (Å²) in [5, 5.41) is 0. The lowest BCUT2D eigenvalue weighted by molar-refractivity contribution is 0.198. The lowest BCUT2D eigenvalue weighted by atomic mass is 9.93. The molecule has 2 aromatic heterocycles. The quantitative estimate of drug-likeness (QED) is 0.727. The van der Waals surface area contributed by atoms with Gasteiger partial charge in [0.05, 0.1) is 23.9 Å². The van der Waals surface area contributed by atoms with Crippen molar-refractivity contribution in [1.82, 2.24) is 19.4 Å². The highest BCUT2D eigenvalue weighted by molar-refractivity contribution is 5.53. The second-order valence-corrected chi connectivity index (χ2v) is 6.90. The highest BCUT2D eigenvalue weighted by Gasteiger charge is 2.22. The molecule has 4 heteroatoms. The van der Waals surface area contributed by atoms with Gasteiger partial charge in [0, 0.05) is 31.7 Å². The molecule has 1 aliphatic rings. The number of likely N-dealkylation sites (tertiary alicyclic amines) is 1. The minimum Gasteiger partial charge on any atom is -0.332 e. The number of rotatable bonds is 4. The maximum Gasteiger partial charge on any atom is 0.0948 e. The monoisotopic (exact) mass is 332 g/mol. The first-order chi connectivity index (χ1) is 12.3. The molecule has 3 aromatic rings. The van der Waals surface area contributed by atoms with Crippen LogP contribution in [-0.2, 0) is 13.6 Å². The van der Waals surface area contributed by atoms with Gasteiger partial charge in [-0.25, -0.2) is 4.98 Å². The Morgan fingerprint density at radius 1 is 1.08 bits per heavy atom. The smallest absolute Gasteiger partial charge is 0.0948 e. The molecule has 25 heavy (non-hydrogen) atoms. The van der Waals surface area contributed by atoms with E-state index in [1.807, 2.05) is 24.1 Å². The largest absolute Gasteiger partial charge is 0.332 e. The van der Waals surface area contributed by atoms with Crippen molar-refractivity contribution < 1.29 is 0 Å². The molecular formula is C21H24N4. The van der Waals surface area contributed by atoms with Gasteiger partial charge in [0.1, 0.15) is 0 Å². The van der Waals surface area contributed by atoms with E-state index in [1.165, 1.54) is 30.6 Å². The van der Waals surface area contributed by atoms with Crippen molar-refractivity contribution in [2.24, 2.45) is 7.05 Å². The van der Waals surface area contributed by atoms with Gasteiger partial charge >= 0.3 is 0 Å². The van der Waals surface area contributed by atoms with Crippen LogP contribution in [0.3, 0.4) is 0 Å². The molecule has 0 saturated carbocycles. The highest BCUT2D eigenvalue weighted by atomic mass is 15.1. The Labute approximate surface area is 149 Å². The van der Waals surface area contributed by atoms with Crippen molar-refractivity contribution in [3.05, 3.63) is 72.3 Å². The van der Waals surface area contributed by atoms with Gasteiger partial charge < -0.3 is 4.57 Å². The predicted molar refractivity (Wildman–Crippen MR) is 100 cm³/mol. The zero-order valence-electron chi connectivity index (χ0n) is 14.7. The van der Waals surface area contributed by atoms with E-state index in [1.54, 1.807) is 0 Å². The molecule has 1 saturated heterocycles. The van der Waals surface area contributed by atoms with Gasteiger partial charge in [-0.15, -0.1) is 0 Å². The van der Waals surface area contributed by atoms with E-state index in [0.717, 1.165) is 24.5 Å². The van der Waals surface area contributed by atoms with Gasteiger partial charge in [-0.3, -0.25) is 9.88 Å². The molecule has 1 atom stereocenters. The van der Waals surface area contributed by atoms with Crippen LogP contribution in [0.25, 0.3) is 11.4 Å². The molecule has 0 N–H and O–H groups in total. The fourth-order valence-electron chi connectivity index (χ4n) is 3.71. The van der Waals surface area contributed by atoms with E-state index in [9.17, 15) is 0 Å². The maximum absolute atomic E-state index is 4.95. The Balaban J connectivity index is 1.51. The predicted octanol–water partition coefficient (Wildman–Crippen LogP) is 3.86. The summed E-state index contributed by atoms with van der Waals surface area (Å²) in [4.78, 5) is 11.7. The number of hydrogen-bond donors (Lipinski definition) is 0. The number of imidazole rings is 1. The average Bonchev–Trinajstić information content (AvgIpc) is 3.09. The van der Waals surface area contributed by atoms with Gasteiger partial charge in [-0.1, -0.05) is 36.4 Å². The maximum atomic E-state index is 4.95. The minimum absolute atomic E-state index is 0.505. The lowest BCUT2D eigenvalue weighted by Crippen LogP contribution is -2.34. The van der Waals surface area contributed by atoms with E-state index in [2.05, 4.69) is 58.4 Å². The van der Waals surface area contributed by atoms with E-state index >= 15 is 0 Å². The molecule has 1 fully saturated rings. The summed E-state index contributed by atoms with van der Waals surface area (Å²) in [5.74, 6) is 0.505. The molecule has 1 aliphatic heterocycles. The van der Waals surface area contributed by atoms with Crippen molar-refractivity contribution in [3.8, 4) is 11.4 Å². The Bertz CT molecular complexity index is 825. The van der Waals surface area contributed by atoms with Gasteiger partial charge in [-0.2, -0.15) is 0 Å². The Morgan fingerprint density at radius 3 is 2.76 bits per heavy atom. The molecule has 0 amide bonds. The lowest BCUT2D eigenvalue weighted by Gasteiger charge is -2.32.